The van der Waals surface area contributed by atoms with Crippen molar-refractivity contribution in [2.75, 3.05) is 13.2 Å². The van der Waals surface area contributed by atoms with Gasteiger partial charge in [0.2, 0.25) is 0 Å². The third kappa shape index (κ3) is 5.60. The zero-order chi connectivity index (χ0) is 16.5. The number of hydrogen-bond donors (Lipinski definition) is 2. The molecule has 23 heavy (non-hydrogen) atoms. The van der Waals surface area contributed by atoms with E-state index in [0.29, 0.717) is 13.2 Å². The zero-order valence-corrected chi connectivity index (χ0v) is 14.9. The summed E-state index contributed by atoms with van der Waals surface area (Å²) < 4.78 is 5.58. The molecule has 0 saturated carbocycles. The molecule has 1 aromatic carbocycles. The monoisotopic (exact) mass is 331 g/mol. The third-order valence-corrected chi connectivity index (χ3v) is 4.19. The van der Waals surface area contributed by atoms with E-state index in [1.807, 2.05) is 13.0 Å². The van der Waals surface area contributed by atoms with E-state index in [0.717, 1.165) is 30.4 Å². The maximum atomic E-state index is 5.58. The van der Waals surface area contributed by atoms with Gasteiger partial charge in [-0.05, 0) is 49.4 Å². The minimum Gasteiger partial charge on any atom is -0.494 e. The van der Waals surface area contributed by atoms with Crippen LogP contribution in [0.3, 0.4) is 0 Å². The van der Waals surface area contributed by atoms with Crippen molar-refractivity contribution in [3.8, 4) is 5.75 Å². The first kappa shape index (κ1) is 17.3. The molecule has 0 saturated heterocycles. The summed E-state index contributed by atoms with van der Waals surface area (Å²) in [5.74, 6) is 1.79. The molecule has 4 nitrogen and oxygen atoms in total. The van der Waals surface area contributed by atoms with Gasteiger partial charge in [-0.2, -0.15) is 0 Å². The van der Waals surface area contributed by atoms with E-state index in [1.54, 1.807) is 11.3 Å². The van der Waals surface area contributed by atoms with Gasteiger partial charge in [-0.3, -0.25) is 0 Å². The quantitative estimate of drug-likeness (QED) is 0.600. The van der Waals surface area contributed by atoms with Crippen LogP contribution in [0.15, 0.2) is 40.7 Å². The smallest absolute Gasteiger partial charge is 0.191 e. The van der Waals surface area contributed by atoms with E-state index in [-0.39, 0.29) is 0 Å². The van der Waals surface area contributed by atoms with Gasteiger partial charge < -0.3 is 15.4 Å². The van der Waals surface area contributed by atoms with E-state index in [1.165, 1.54) is 10.4 Å². The van der Waals surface area contributed by atoms with Crippen LogP contribution in [0.2, 0.25) is 0 Å². The molecule has 0 amide bonds. The first-order valence-electron chi connectivity index (χ1n) is 7.99. The van der Waals surface area contributed by atoms with Crippen LogP contribution in [0.5, 0.6) is 5.75 Å². The van der Waals surface area contributed by atoms with Gasteiger partial charge in [-0.1, -0.05) is 18.2 Å². The van der Waals surface area contributed by atoms with Gasteiger partial charge in [0.05, 0.1) is 19.7 Å². The fraction of sp³-hybridized carbons (Fsp3) is 0.389. The van der Waals surface area contributed by atoms with Gasteiger partial charge in [0, 0.05) is 11.4 Å². The maximum Gasteiger partial charge on any atom is 0.191 e. The molecule has 1 heterocycles. The van der Waals surface area contributed by atoms with Crippen LogP contribution < -0.4 is 15.4 Å². The Morgan fingerprint density at radius 2 is 2.09 bits per heavy atom. The van der Waals surface area contributed by atoms with E-state index in [4.69, 9.17) is 4.74 Å². The van der Waals surface area contributed by atoms with E-state index < -0.39 is 0 Å². The number of thiophene rings is 1. The lowest BCUT2D eigenvalue weighted by Gasteiger charge is -2.11. The van der Waals surface area contributed by atoms with Gasteiger partial charge in [0.1, 0.15) is 5.75 Å². The molecular formula is C18H25N3OS. The highest BCUT2D eigenvalue weighted by Gasteiger charge is 2.02. The molecule has 0 aliphatic heterocycles. The largest absolute Gasteiger partial charge is 0.494 e. The van der Waals surface area contributed by atoms with Crippen molar-refractivity contribution in [1.82, 2.24) is 10.6 Å². The Hall–Kier alpha value is -2.01. The Bertz CT molecular complexity index is 623. The molecule has 2 aromatic rings. The number of aryl methyl sites for hydroxylation is 1. The first-order chi connectivity index (χ1) is 11.2. The summed E-state index contributed by atoms with van der Waals surface area (Å²) in [6.45, 7) is 9.12. The van der Waals surface area contributed by atoms with Crippen molar-refractivity contribution in [1.29, 1.82) is 0 Å². The molecular weight excluding hydrogens is 306 g/mol. The number of guanidine groups is 1. The van der Waals surface area contributed by atoms with Crippen molar-refractivity contribution in [2.24, 2.45) is 4.99 Å². The van der Waals surface area contributed by atoms with E-state index in [9.17, 15) is 0 Å². The first-order valence-corrected chi connectivity index (χ1v) is 8.87. The average molecular weight is 331 g/mol. The molecule has 0 radical (unpaired) electrons. The van der Waals surface area contributed by atoms with Crippen LogP contribution in [-0.2, 0) is 13.1 Å². The van der Waals surface area contributed by atoms with Crippen molar-refractivity contribution in [2.45, 2.75) is 33.9 Å². The summed E-state index contributed by atoms with van der Waals surface area (Å²) in [6, 6.07) is 10.4. The molecule has 0 aliphatic rings. The average Bonchev–Trinajstić information content (AvgIpc) is 3.06. The molecule has 0 unspecified atom stereocenters. The minimum absolute atomic E-state index is 0.646. The van der Waals surface area contributed by atoms with Gasteiger partial charge >= 0.3 is 0 Å². The summed E-state index contributed by atoms with van der Waals surface area (Å²) in [6.07, 6.45) is 0. The Morgan fingerprint density at radius 3 is 2.74 bits per heavy atom. The number of aliphatic imine (C=N–C) groups is 1. The maximum absolute atomic E-state index is 5.58. The zero-order valence-electron chi connectivity index (χ0n) is 14.1. The number of nitrogens with zero attached hydrogens (tertiary/aromatic N) is 1. The van der Waals surface area contributed by atoms with Crippen molar-refractivity contribution in [3.05, 3.63) is 51.7 Å². The number of benzene rings is 1. The lowest BCUT2D eigenvalue weighted by atomic mass is 10.1. The molecule has 2 rings (SSSR count). The molecule has 0 spiro atoms. The lowest BCUT2D eigenvalue weighted by molar-refractivity contribution is 0.338. The highest BCUT2D eigenvalue weighted by atomic mass is 32.1. The third-order valence-electron chi connectivity index (χ3n) is 3.31. The normalized spacial score (nSPS) is 11.3. The number of hydrogen-bond acceptors (Lipinski definition) is 3. The Labute approximate surface area is 142 Å². The van der Waals surface area contributed by atoms with Gasteiger partial charge in [-0.25, -0.2) is 4.99 Å². The molecule has 0 bridgehead atoms. The molecule has 124 valence electrons. The van der Waals surface area contributed by atoms with Crippen LogP contribution in [0.1, 0.15) is 29.9 Å². The van der Waals surface area contributed by atoms with Crippen LogP contribution in [0, 0.1) is 6.92 Å². The second-order valence-electron chi connectivity index (χ2n) is 5.16. The predicted octanol–water partition coefficient (Wildman–Crippen LogP) is 3.71. The van der Waals surface area contributed by atoms with Crippen molar-refractivity contribution >= 4 is 17.3 Å². The molecule has 2 N–H and O–H groups in total. The van der Waals surface area contributed by atoms with Crippen LogP contribution in [-0.4, -0.2) is 19.1 Å². The summed E-state index contributed by atoms with van der Waals surface area (Å²) in [4.78, 5) is 5.96. The number of nitrogens with one attached hydrogen (secondary N) is 2. The van der Waals surface area contributed by atoms with Crippen molar-refractivity contribution in [3.63, 3.8) is 0 Å². The fourth-order valence-corrected chi connectivity index (χ4v) is 2.87. The SMILES string of the molecule is CCNC(=NCc1ccc(OCC)c(C)c1)NCc1cccs1. The summed E-state index contributed by atoms with van der Waals surface area (Å²) >= 11 is 1.75. The highest BCUT2D eigenvalue weighted by molar-refractivity contribution is 7.09. The molecule has 0 atom stereocenters. The standard InChI is InChI=1S/C18H25N3OS/c1-4-19-18(21-13-16-7-6-10-23-16)20-12-15-8-9-17(22-5-2)14(3)11-15/h6-11H,4-5,12-13H2,1-3H3,(H2,19,20,21). The Balaban J connectivity index is 1.97. The molecule has 5 heteroatoms. The van der Waals surface area contributed by atoms with Gasteiger partial charge in [-0.15, -0.1) is 11.3 Å². The molecule has 0 fully saturated rings. The van der Waals surface area contributed by atoms with E-state index >= 15 is 0 Å². The summed E-state index contributed by atoms with van der Waals surface area (Å²) in [7, 11) is 0. The number of rotatable bonds is 7. The molecule has 0 aliphatic carbocycles. The second kappa shape index (κ2) is 9.20. The van der Waals surface area contributed by atoms with Crippen molar-refractivity contribution < 1.29 is 4.74 Å². The van der Waals surface area contributed by atoms with Crippen LogP contribution in [0.4, 0.5) is 0 Å². The van der Waals surface area contributed by atoms with Gasteiger partial charge in [0.15, 0.2) is 5.96 Å². The van der Waals surface area contributed by atoms with Gasteiger partial charge in [0.25, 0.3) is 0 Å². The number of ether oxygens (including phenoxy) is 1. The summed E-state index contributed by atoms with van der Waals surface area (Å²) in [5, 5.41) is 8.73. The van der Waals surface area contributed by atoms with Crippen LogP contribution in [0.25, 0.3) is 0 Å². The second-order valence-corrected chi connectivity index (χ2v) is 6.19. The minimum atomic E-state index is 0.646. The highest BCUT2D eigenvalue weighted by Crippen LogP contribution is 2.19. The lowest BCUT2D eigenvalue weighted by Crippen LogP contribution is -2.36. The van der Waals surface area contributed by atoms with E-state index in [2.05, 4.69) is 59.1 Å². The topological polar surface area (TPSA) is 45.7 Å². The Kier molecular flexibility index (Phi) is 6.94. The summed E-state index contributed by atoms with van der Waals surface area (Å²) in [5.41, 5.74) is 2.33. The fourth-order valence-electron chi connectivity index (χ4n) is 2.22. The molecule has 1 aromatic heterocycles. The predicted molar refractivity (Wildman–Crippen MR) is 98.3 cm³/mol. The van der Waals surface area contributed by atoms with Crippen LogP contribution >= 0.6 is 11.3 Å². The Morgan fingerprint density at radius 1 is 1.22 bits per heavy atom.